The van der Waals surface area contributed by atoms with E-state index in [-0.39, 0.29) is 5.91 Å². The van der Waals surface area contributed by atoms with Crippen molar-refractivity contribution in [2.45, 2.75) is 45.3 Å². The van der Waals surface area contributed by atoms with E-state index in [0.717, 1.165) is 25.6 Å². The third-order valence-corrected chi connectivity index (χ3v) is 4.59. The van der Waals surface area contributed by atoms with Crippen LogP contribution in [0.5, 0.6) is 0 Å². The molecule has 0 aromatic heterocycles. The van der Waals surface area contributed by atoms with E-state index < -0.39 is 5.60 Å². The van der Waals surface area contributed by atoms with Crippen molar-refractivity contribution in [2.24, 2.45) is 5.92 Å². The number of ether oxygens (including phenoxy) is 1. The third-order valence-electron chi connectivity index (χ3n) is 4.59. The van der Waals surface area contributed by atoms with E-state index >= 15 is 0 Å². The Kier molecular flexibility index (Phi) is 3.97. The molecular formula is C14H26N2O2. The van der Waals surface area contributed by atoms with Crippen LogP contribution in [0, 0.1) is 5.92 Å². The molecule has 18 heavy (non-hydrogen) atoms. The van der Waals surface area contributed by atoms with Gasteiger partial charge in [0.05, 0.1) is 0 Å². The highest BCUT2D eigenvalue weighted by Crippen LogP contribution is 2.29. The normalized spacial score (nSPS) is 29.4. The third kappa shape index (κ3) is 2.54. The highest BCUT2D eigenvalue weighted by Gasteiger charge is 2.40. The van der Waals surface area contributed by atoms with Crippen molar-refractivity contribution < 1.29 is 9.53 Å². The Morgan fingerprint density at radius 1 is 1.33 bits per heavy atom. The smallest absolute Gasteiger partial charge is 0.254 e. The summed E-state index contributed by atoms with van der Waals surface area (Å²) in [4.78, 5) is 16.9. The van der Waals surface area contributed by atoms with Gasteiger partial charge in [0.2, 0.25) is 0 Å². The van der Waals surface area contributed by atoms with Gasteiger partial charge in [-0.2, -0.15) is 0 Å². The summed E-state index contributed by atoms with van der Waals surface area (Å²) in [6.45, 7) is 9.93. The van der Waals surface area contributed by atoms with Crippen molar-refractivity contribution in [3.05, 3.63) is 0 Å². The van der Waals surface area contributed by atoms with Gasteiger partial charge in [-0.3, -0.25) is 9.69 Å². The molecule has 0 radical (unpaired) electrons. The van der Waals surface area contributed by atoms with E-state index in [0.29, 0.717) is 6.04 Å². The average molecular weight is 254 g/mol. The average Bonchev–Trinajstić information content (AvgIpc) is 2.79. The molecule has 2 saturated heterocycles. The fraction of sp³-hybridized carbons (Fsp3) is 0.929. The molecule has 0 spiro atoms. The van der Waals surface area contributed by atoms with Gasteiger partial charge < -0.3 is 9.64 Å². The maximum Gasteiger partial charge on any atom is 0.254 e. The Morgan fingerprint density at radius 3 is 2.67 bits per heavy atom. The summed E-state index contributed by atoms with van der Waals surface area (Å²) in [6, 6.07) is 0.570. The summed E-state index contributed by atoms with van der Waals surface area (Å²) in [5.41, 5.74) is -0.690. The van der Waals surface area contributed by atoms with Gasteiger partial charge in [0, 0.05) is 39.3 Å². The van der Waals surface area contributed by atoms with E-state index in [2.05, 4.69) is 11.8 Å². The van der Waals surface area contributed by atoms with Crippen LogP contribution in [-0.4, -0.2) is 60.6 Å². The quantitative estimate of drug-likeness (QED) is 0.762. The second kappa shape index (κ2) is 5.17. The monoisotopic (exact) mass is 254 g/mol. The Bertz CT molecular complexity index is 317. The van der Waals surface area contributed by atoms with Crippen molar-refractivity contribution in [1.29, 1.82) is 0 Å². The van der Waals surface area contributed by atoms with E-state index in [4.69, 9.17) is 4.74 Å². The van der Waals surface area contributed by atoms with Gasteiger partial charge in [-0.05, 0) is 26.2 Å². The first-order chi connectivity index (χ1) is 8.47. The molecular weight excluding hydrogens is 228 g/mol. The van der Waals surface area contributed by atoms with Crippen LogP contribution in [-0.2, 0) is 9.53 Å². The molecule has 0 saturated carbocycles. The number of rotatable bonds is 3. The van der Waals surface area contributed by atoms with Gasteiger partial charge in [0.1, 0.15) is 5.60 Å². The number of piperazine rings is 1. The lowest BCUT2D eigenvalue weighted by Crippen LogP contribution is -2.56. The molecule has 2 heterocycles. The molecule has 2 aliphatic rings. The van der Waals surface area contributed by atoms with E-state index in [1.54, 1.807) is 7.11 Å². The van der Waals surface area contributed by atoms with Gasteiger partial charge >= 0.3 is 0 Å². The topological polar surface area (TPSA) is 32.8 Å². The predicted molar refractivity (Wildman–Crippen MR) is 71.4 cm³/mol. The number of amides is 1. The number of fused-ring (bicyclic) bond motifs is 1. The molecule has 2 rings (SSSR count). The molecule has 0 N–H and O–H groups in total. The number of hydrogen-bond acceptors (Lipinski definition) is 3. The molecule has 4 heteroatoms. The van der Waals surface area contributed by atoms with Crippen LogP contribution < -0.4 is 0 Å². The number of methoxy groups -OCH3 is 1. The zero-order chi connectivity index (χ0) is 13.3. The second-order valence-electron chi connectivity index (χ2n) is 6.12. The van der Waals surface area contributed by atoms with Crippen LogP contribution in [0.3, 0.4) is 0 Å². The minimum absolute atomic E-state index is 0.129. The first kappa shape index (κ1) is 13.8. The van der Waals surface area contributed by atoms with Crippen LogP contribution in [0.1, 0.15) is 33.6 Å². The summed E-state index contributed by atoms with van der Waals surface area (Å²) in [5.74, 6) is 0.949. The molecule has 2 atom stereocenters. The first-order valence-electron chi connectivity index (χ1n) is 7.06. The summed E-state index contributed by atoms with van der Waals surface area (Å²) >= 11 is 0. The van der Waals surface area contributed by atoms with Gasteiger partial charge in [-0.1, -0.05) is 13.3 Å². The van der Waals surface area contributed by atoms with Crippen molar-refractivity contribution in [3.8, 4) is 0 Å². The summed E-state index contributed by atoms with van der Waals surface area (Å²) in [6.07, 6.45) is 2.50. The van der Waals surface area contributed by atoms with Gasteiger partial charge in [-0.25, -0.2) is 0 Å². The molecule has 2 unspecified atom stereocenters. The Hall–Kier alpha value is -0.610. The number of carbonyl (C=O) groups is 1. The van der Waals surface area contributed by atoms with Gasteiger partial charge in [0.15, 0.2) is 0 Å². The van der Waals surface area contributed by atoms with Crippen LogP contribution in [0.15, 0.2) is 0 Å². The van der Waals surface area contributed by atoms with Crippen LogP contribution in [0.2, 0.25) is 0 Å². The van der Waals surface area contributed by atoms with E-state index in [1.807, 2.05) is 18.7 Å². The van der Waals surface area contributed by atoms with Crippen molar-refractivity contribution in [1.82, 2.24) is 9.80 Å². The highest BCUT2D eigenvalue weighted by atomic mass is 16.5. The van der Waals surface area contributed by atoms with E-state index in [9.17, 15) is 4.79 Å². The second-order valence-corrected chi connectivity index (χ2v) is 6.12. The largest absolute Gasteiger partial charge is 0.369 e. The van der Waals surface area contributed by atoms with E-state index in [1.165, 1.54) is 19.4 Å². The van der Waals surface area contributed by atoms with Crippen LogP contribution in [0.25, 0.3) is 0 Å². The molecule has 0 aromatic rings. The number of hydrogen-bond donors (Lipinski definition) is 0. The predicted octanol–water partition coefficient (Wildman–Crippen LogP) is 1.35. The molecule has 104 valence electrons. The molecule has 0 aromatic carbocycles. The first-order valence-corrected chi connectivity index (χ1v) is 7.06. The SMILES string of the molecule is CCC1CC2CN(C(=O)C(C)(C)OC)CCN2C1. The minimum atomic E-state index is -0.690. The van der Waals surface area contributed by atoms with Crippen molar-refractivity contribution >= 4 is 5.91 Å². The van der Waals surface area contributed by atoms with Crippen LogP contribution in [0.4, 0.5) is 0 Å². The fourth-order valence-corrected chi connectivity index (χ4v) is 3.10. The maximum absolute atomic E-state index is 12.4. The highest BCUT2D eigenvalue weighted by molar-refractivity contribution is 5.84. The lowest BCUT2D eigenvalue weighted by Gasteiger charge is -2.40. The maximum atomic E-state index is 12.4. The van der Waals surface area contributed by atoms with Crippen molar-refractivity contribution in [2.75, 3.05) is 33.3 Å². The molecule has 0 bridgehead atoms. The number of carbonyl (C=O) groups excluding carboxylic acids is 1. The minimum Gasteiger partial charge on any atom is -0.369 e. The molecule has 2 fully saturated rings. The molecule has 4 nitrogen and oxygen atoms in total. The Balaban J connectivity index is 1.97. The lowest BCUT2D eigenvalue weighted by molar-refractivity contribution is -0.153. The van der Waals surface area contributed by atoms with Crippen molar-refractivity contribution in [3.63, 3.8) is 0 Å². The molecule has 1 amide bonds. The van der Waals surface area contributed by atoms with Gasteiger partial charge in [0.25, 0.3) is 5.91 Å². The fourth-order valence-electron chi connectivity index (χ4n) is 3.10. The molecule has 0 aliphatic carbocycles. The summed E-state index contributed by atoms with van der Waals surface area (Å²) < 4.78 is 5.30. The standard InChI is InChI=1S/C14H26N2O2/c1-5-11-8-12-10-16(7-6-15(12)9-11)13(17)14(2,3)18-4/h11-12H,5-10H2,1-4H3. The zero-order valence-electron chi connectivity index (χ0n) is 12.1. The zero-order valence-corrected chi connectivity index (χ0v) is 12.1. The van der Waals surface area contributed by atoms with Crippen LogP contribution >= 0.6 is 0 Å². The Morgan fingerprint density at radius 2 is 2.06 bits per heavy atom. The molecule has 2 aliphatic heterocycles. The summed E-state index contributed by atoms with van der Waals surface area (Å²) in [5, 5.41) is 0. The Labute approximate surface area is 110 Å². The van der Waals surface area contributed by atoms with Gasteiger partial charge in [-0.15, -0.1) is 0 Å². The lowest BCUT2D eigenvalue weighted by atomic mass is 10.0. The number of nitrogens with zero attached hydrogens (tertiary/aromatic N) is 2. The summed E-state index contributed by atoms with van der Waals surface area (Å²) in [7, 11) is 1.61.